The second-order valence-electron chi connectivity index (χ2n) is 9.64. The maximum absolute atomic E-state index is 11.5. The molecule has 1 heterocycles. The van der Waals surface area contributed by atoms with Gasteiger partial charge in [-0.15, -0.1) is 0 Å². The number of hydrogen-bond donors (Lipinski definition) is 1. The maximum atomic E-state index is 11.5. The molecule has 1 aromatic rings. The van der Waals surface area contributed by atoms with Crippen LogP contribution in [0.2, 0.25) is 0 Å². The van der Waals surface area contributed by atoms with Crippen LogP contribution in [0, 0.1) is 23.7 Å². The van der Waals surface area contributed by atoms with Gasteiger partial charge in [0.15, 0.2) is 0 Å². The molecule has 1 saturated heterocycles. The molecule has 1 aliphatic heterocycles. The molecule has 1 N–H and O–H groups in total. The lowest BCUT2D eigenvalue weighted by Gasteiger charge is -2.26. The monoisotopic (exact) mass is 399 g/mol. The molecular formula is C25H37NO3. The first-order chi connectivity index (χ1) is 13.6. The molecule has 4 rings (SSSR count). The van der Waals surface area contributed by atoms with Gasteiger partial charge in [-0.25, -0.2) is 4.79 Å². The van der Waals surface area contributed by atoms with Gasteiger partial charge in [0.25, 0.3) is 0 Å². The average Bonchev–Trinajstić information content (AvgIpc) is 3.21. The highest BCUT2D eigenvalue weighted by atomic mass is 16.6. The summed E-state index contributed by atoms with van der Waals surface area (Å²) in [6, 6.07) is 7.99. The molecule has 29 heavy (non-hydrogen) atoms. The molecule has 1 amide bonds. The molecule has 6 atom stereocenters. The summed E-state index contributed by atoms with van der Waals surface area (Å²) in [4.78, 5) is 11.5. The Morgan fingerprint density at radius 3 is 2.62 bits per heavy atom. The van der Waals surface area contributed by atoms with Gasteiger partial charge >= 0.3 is 6.09 Å². The second-order valence-corrected chi connectivity index (χ2v) is 9.64. The summed E-state index contributed by atoms with van der Waals surface area (Å²) in [5, 5.41) is 2.85. The Morgan fingerprint density at radius 1 is 1.28 bits per heavy atom. The Morgan fingerprint density at radius 2 is 2.00 bits per heavy atom. The van der Waals surface area contributed by atoms with Crippen molar-refractivity contribution in [2.75, 3.05) is 6.61 Å². The van der Waals surface area contributed by atoms with Crippen LogP contribution >= 0.6 is 0 Å². The van der Waals surface area contributed by atoms with E-state index in [0.717, 1.165) is 40.4 Å². The summed E-state index contributed by atoms with van der Waals surface area (Å²) >= 11 is 0. The Bertz CT molecular complexity index is 756. The lowest BCUT2D eigenvalue weighted by Crippen LogP contribution is -2.41. The van der Waals surface area contributed by atoms with Gasteiger partial charge in [-0.05, 0) is 81.4 Å². The number of ether oxygens (including phenoxy) is 2. The molecule has 2 aliphatic carbocycles. The highest BCUT2D eigenvalue weighted by Gasteiger charge is 2.60. The van der Waals surface area contributed by atoms with Crippen molar-refractivity contribution in [1.29, 1.82) is 0 Å². The first-order valence-electron chi connectivity index (χ1n) is 11.0. The third-order valence-electron chi connectivity index (χ3n) is 6.90. The average molecular weight is 400 g/mol. The normalized spacial score (nSPS) is 31.8. The van der Waals surface area contributed by atoms with Crippen LogP contribution in [0.4, 0.5) is 4.79 Å². The maximum Gasteiger partial charge on any atom is 0.407 e. The number of allylic oxidation sites excluding steroid dienone is 1. The minimum atomic E-state index is -0.474. The quantitative estimate of drug-likeness (QED) is 0.654. The Kier molecular flexibility index (Phi) is 6.42. The molecule has 0 bridgehead atoms. The minimum Gasteiger partial charge on any atom is -0.450 e. The number of hydrogen-bond acceptors (Lipinski definition) is 3. The van der Waals surface area contributed by atoms with Crippen LogP contribution in [-0.2, 0) is 15.0 Å². The van der Waals surface area contributed by atoms with Gasteiger partial charge in [-0.1, -0.05) is 44.2 Å². The predicted molar refractivity (Wildman–Crippen MR) is 118 cm³/mol. The third-order valence-corrected chi connectivity index (χ3v) is 6.90. The number of carbonyl (C=O) groups excluding carboxylic acids is 1. The minimum absolute atomic E-state index is 0.369. The summed E-state index contributed by atoms with van der Waals surface area (Å²) in [5.74, 6) is 3.88. The Labute approximate surface area is 176 Å². The largest absolute Gasteiger partial charge is 0.450 e. The van der Waals surface area contributed by atoms with E-state index >= 15 is 0 Å². The molecule has 0 radical (unpaired) electrons. The zero-order valence-electron chi connectivity index (χ0n) is 18.8. The zero-order valence-corrected chi connectivity index (χ0v) is 18.8. The molecule has 160 valence electrons. The number of alkyl carbamates (subject to hydrolysis) is 1. The van der Waals surface area contributed by atoms with Crippen molar-refractivity contribution in [2.45, 2.75) is 72.1 Å². The van der Waals surface area contributed by atoms with E-state index in [1.165, 1.54) is 12.8 Å². The summed E-state index contributed by atoms with van der Waals surface area (Å²) < 4.78 is 10.5. The Hall–Kier alpha value is -1.81. The van der Waals surface area contributed by atoms with Gasteiger partial charge in [0.1, 0.15) is 0 Å². The summed E-state index contributed by atoms with van der Waals surface area (Å²) in [7, 11) is 0. The molecule has 3 fully saturated rings. The summed E-state index contributed by atoms with van der Waals surface area (Å²) in [6.07, 6.45) is 3.81. The number of epoxide rings is 1. The van der Waals surface area contributed by atoms with Crippen LogP contribution in [0.5, 0.6) is 0 Å². The lowest BCUT2D eigenvalue weighted by molar-refractivity contribution is 0.141. The molecule has 4 heteroatoms. The molecule has 1 aromatic carbocycles. The van der Waals surface area contributed by atoms with E-state index in [1.54, 1.807) is 6.92 Å². The number of rotatable bonds is 4. The number of fused-ring (bicyclic) bond motifs is 3. The predicted octanol–water partition coefficient (Wildman–Crippen LogP) is 5.77. The number of carbonyl (C=O) groups is 1. The molecule has 0 spiro atoms. The van der Waals surface area contributed by atoms with E-state index in [0.29, 0.717) is 18.8 Å². The van der Waals surface area contributed by atoms with E-state index in [9.17, 15) is 4.79 Å². The zero-order chi connectivity index (χ0) is 21.3. The van der Waals surface area contributed by atoms with Gasteiger partial charge < -0.3 is 14.8 Å². The fraction of sp³-hybridized carbons (Fsp3) is 0.640. The van der Waals surface area contributed by atoms with E-state index in [1.807, 2.05) is 45.0 Å². The van der Waals surface area contributed by atoms with Crippen LogP contribution in [0.3, 0.4) is 0 Å². The van der Waals surface area contributed by atoms with Crippen LogP contribution < -0.4 is 5.32 Å². The molecule has 6 unspecified atom stereocenters. The van der Waals surface area contributed by atoms with Crippen LogP contribution in [0.25, 0.3) is 5.57 Å². The van der Waals surface area contributed by atoms with Gasteiger partial charge in [-0.2, -0.15) is 0 Å². The van der Waals surface area contributed by atoms with E-state index in [4.69, 9.17) is 9.47 Å². The smallest absolute Gasteiger partial charge is 0.407 e. The van der Waals surface area contributed by atoms with Gasteiger partial charge in [0.05, 0.1) is 24.4 Å². The molecule has 4 nitrogen and oxygen atoms in total. The van der Waals surface area contributed by atoms with Gasteiger partial charge in [-0.3, -0.25) is 0 Å². The molecular weight excluding hydrogens is 362 g/mol. The van der Waals surface area contributed by atoms with Crippen molar-refractivity contribution >= 4 is 11.7 Å². The van der Waals surface area contributed by atoms with Crippen molar-refractivity contribution in [3.63, 3.8) is 0 Å². The topological polar surface area (TPSA) is 50.9 Å². The fourth-order valence-corrected chi connectivity index (χ4v) is 5.30. The van der Waals surface area contributed by atoms with Crippen molar-refractivity contribution in [2.24, 2.45) is 23.7 Å². The van der Waals surface area contributed by atoms with Gasteiger partial charge in [0.2, 0.25) is 0 Å². The van der Waals surface area contributed by atoms with Crippen molar-refractivity contribution < 1.29 is 14.3 Å². The van der Waals surface area contributed by atoms with Gasteiger partial charge in [0, 0.05) is 0 Å². The van der Waals surface area contributed by atoms with E-state index in [2.05, 4.69) is 25.7 Å². The SMILES string of the molecule is C=C(C)c1cccc(C(C)(C)NC(=O)OCC)c1.CC1CC(C)C2C1CC1OC12. The van der Waals surface area contributed by atoms with Crippen LogP contribution in [-0.4, -0.2) is 24.9 Å². The lowest BCUT2D eigenvalue weighted by atomic mass is 9.90. The number of nitrogens with one attached hydrogen (secondary N) is 1. The number of amides is 1. The first kappa shape index (κ1) is 21.9. The van der Waals surface area contributed by atoms with E-state index in [-0.39, 0.29) is 0 Å². The highest BCUT2D eigenvalue weighted by Crippen LogP contribution is 2.58. The van der Waals surface area contributed by atoms with Crippen molar-refractivity contribution in [3.8, 4) is 0 Å². The molecule has 3 aliphatic rings. The third kappa shape index (κ3) is 4.85. The van der Waals surface area contributed by atoms with Crippen LogP contribution in [0.15, 0.2) is 30.8 Å². The summed E-state index contributed by atoms with van der Waals surface area (Å²) in [5.41, 5.74) is 2.63. The van der Waals surface area contributed by atoms with Crippen LogP contribution in [0.1, 0.15) is 65.5 Å². The van der Waals surface area contributed by atoms with Crippen molar-refractivity contribution in [1.82, 2.24) is 5.32 Å². The van der Waals surface area contributed by atoms with E-state index < -0.39 is 11.6 Å². The number of benzene rings is 1. The molecule has 2 saturated carbocycles. The van der Waals surface area contributed by atoms with Crippen molar-refractivity contribution in [3.05, 3.63) is 42.0 Å². The first-order valence-corrected chi connectivity index (χ1v) is 11.0. The standard InChI is InChI=1S/C15H21NO2.C10H16O/c1-6-18-14(17)16-15(4,5)13-9-7-8-12(10-13)11(2)3;1-5-3-6(2)9-7(5)4-8-10(9)11-8/h7-10H,2,6H2,1,3-5H3,(H,16,17);5-10H,3-4H2,1-2H3. The fourth-order valence-electron chi connectivity index (χ4n) is 5.30. The highest BCUT2D eigenvalue weighted by molar-refractivity contribution is 5.69. The second kappa shape index (κ2) is 8.51. The Balaban J connectivity index is 0.000000183. The summed E-state index contributed by atoms with van der Waals surface area (Å²) in [6.45, 7) is 16.8. The molecule has 0 aromatic heterocycles.